The van der Waals surface area contributed by atoms with Gasteiger partial charge in [-0.15, -0.1) is 11.3 Å². The van der Waals surface area contributed by atoms with Gasteiger partial charge in [-0.05, 0) is 36.2 Å². The first-order valence-corrected chi connectivity index (χ1v) is 7.84. The molecule has 0 radical (unpaired) electrons. The number of nitrogens with one attached hydrogen (secondary N) is 2. The van der Waals surface area contributed by atoms with Crippen molar-refractivity contribution in [2.24, 2.45) is 0 Å². The maximum Gasteiger partial charge on any atom is 0.324 e. The molecule has 1 aromatic carbocycles. The van der Waals surface area contributed by atoms with Crippen LogP contribution >= 0.6 is 27.3 Å². The van der Waals surface area contributed by atoms with Gasteiger partial charge in [0.1, 0.15) is 0 Å². The number of carbonyl (C=O) groups excluding carboxylic acids is 1. The van der Waals surface area contributed by atoms with Gasteiger partial charge in [-0.25, -0.2) is 4.79 Å². The van der Waals surface area contributed by atoms with E-state index < -0.39 is 0 Å². The van der Waals surface area contributed by atoms with Crippen LogP contribution in [-0.4, -0.2) is 12.6 Å². The standard InChI is InChI=1S/C14H13BrN2O2S/c15-10-2-1-3-11(7-10)16-14(18)17-13-6-9-4-5-19-8-12(9)20-13/h1-3,6-7H,4-5,8H2,(H2,16,17,18). The van der Waals surface area contributed by atoms with Crippen LogP contribution in [0.3, 0.4) is 0 Å². The van der Waals surface area contributed by atoms with Gasteiger partial charge in [0.25, 0.3) is 0 Å². The van der Waals surface area contributed by atoms with Crippen molar-refractivity contribution in [2.45, 2.75) is 13.0 Å². The molecular weight excluding hydrogens is 340 g/mol. The zero-order valence-corrected chi connectivity index (χ0v) is 13.0. The van der Waals surface area contributed by atoms with E-state index in [2.05, 4.69) is 26.6 Å². The van der Waals surface area contributed by atoms with E-state index in [0.29, 0.717) is 6.61 Å². The third-order valence-electron chi connectivity index (χ3n) is 2.96. The average molecular weight is 353 g/mol. The van der Waals surface area contributed by atoms with Gasteiger partial charge in [0, 0.05) is 15.0 Å². The minimum absolute atomic E-state index is 0.234. The van der Waals surface area contributed by atoms with Gasteiger partial charge in [-0.2, -0.15) is 0 Å². The molecule has 0 unspecified atom stereocenters. The molecule has 0 bridgehead atoms. The first kappa shape index (κ1) is 13.6. The molecule has 1 aliphatic rings. The average Bonchev–Trinajstić information content (AvgIpc) is 2.80. The van der Waals surface area contributed by atoms with E-state index in [-0.39, 0.29) is 6.03 Å². The zero-order chi connectivity index (χ0) is 13.9. The van der Waals surface area contributed by atoms with Crippen LogP contribution in [0.4, 0.5) is 15.5 Å². The first-order valence-electron chi connectivity index (χ1n) is 6.23. The number of halogens is 1. The number of ether oxygens (including phenoxy) is 1. The molecule has 0 saturated heterocycles. The maximum atomic E-state index is 11.9. The molecule has 104 valence electrons. The summed E-state index contributed by atoms with van der Waals surface area (Å²) in [4.78, 5) is 13.1. The van der Waals surface area contributed by atoms with Gasteiger partial charge in [0.05, 0.1) is 18.2 Å². The molecule has 1 aliphatic heterocycles. The van der Waals surface area contributed by atoms with Crippen LogP contribution in [-0.2, 0) is 17.8 Å². The Morgan fingerprint density at radius 1 is 1.30 bits per heavy atom. The van der Waals surface area contributed by atoms with E-state index in [1.54, 1.807) is 11.3 Å². The van der Waals surface area contributed by atoms with Crippen molar-refractivity contribution < 1.29 is 9.53 Å². The monoisotopic (exact) mass is 352 g/mol. The van der Waals surface area contributed by atoms with E-state index in [1.165, 1.54) is 10.4 Å². The lowest BCUT2D eigenvalue weighted by Gasteiger charge is -2.10. The molecule has 0 aliphatic carbocycles. The van der Waals surface area contributed by atoms with E-state index in [4.69, 9.17) is 4.74 Å². The van der Waals surface area contributed by atoms with Gasteiger partial charge in [-0.3, -0.25) is 5.32 Å². The van der Waals surface area contributed by atoms with E-state index in [0.717, 1.165) is 28.2 Å². The highest BCUT2D eigenvalue weighted by Crippen LogP contribution is 2.30. The third kappa shape index (κ3) is 3.20. The van der Waals surface area contributed by atoms with Crippen LogP contribution in [0.5, 0.6) is 0 Å². The Hall–Kier alpha value is -1.37. The summed E-state index contributed by atoms with van der Waals surface area (Å²) in [5.41, 5.74) is 2.03. The Balaban J connectivity index is 1.65. The Kier molecular flexibility index (Phi) is 4.05. The third-order valence-corrected chi connectivity index (χ3v) is 4.52. The van der Waals surface area contributed by atoms with Gasteiger partial charge in [0.15, 0.2) is 0 Å². The second-order valence-electron chi connectivity index (χ2n) is 4.45. The van der Waals surface area contributed by atoms with Crippen LogP contribution in [0.2, 0.25) is 0 Å². The van der Waals surface area contributed by atoms with Crippen LogP contribution < -0.4 is 10.6 Å². The Morgan fingerprint density at radius 3 is 3.00 bits per heavy atom. The molecular formula is C14H13BrN2O2S. The minimum Gasteiger partial charge on any atom is -0.376 e. The van der Waals surface area contributed by atoms with E-state index in [9.17, 15) is 4.79 Å². The van der Waals surface area contributed by atoms with E-state index in [1.807, 2.05) is 30.3 Å². The number of hydrogen-bond donors (Lipinski definition) is 2. The summed E-state index contributed by atoms with van der Waals surface area (Å²) in [6.07, 6.45) is 0.917. The van der Waals surface area contributed by atoms with Crippen molar-refractivity contribution in [3.8, 4) is 0 Å². The predicted octanol–water partition coefficient (Wildman–Crippen LogP) is 4.23. The number of anilines is 2. The molecule has 20 heavy (non-hydrogen) atoms. The highest BCUT2D eigenvalue weighted by Gasteiger charge is 2.14. The fraction of sp³-hybridized carbons (Fsp3) is 0.214. The number of urea groups is 1. The highest BCUT2D eigenvalue weighted by atomic mass is 79.9. The molecule has 4 nitrogen and oxygen atoms in total. The molecule has 2 heterocycles. The number of carbonyl (C=O) groups is 1. The Morgan fingerprint density at radius 2 is 2.20 bits per heavy atom. The van der Waals surface area contributed by atoms with Crippen LogP contribution in [0.15, 0.2) is 34.8 Å². The molecule has 6 heteroatoms. The maximum absolute atomic E-state index is 11.9. The summed E-state index contributed by atoms with van der Waals surface area (Å²) in [6, 6.07) is 9.28. The van der Waals surface area contributed by atoms with Crippen LogP contribution in [0.1, 0.15) is 10.4 Å². The highest BCUT2D eigenvalue weighted by molar-refractivity contribution is 9.10. The predicted molar refractivity (Wildman–Crippen MR) is 84.5 cm³/mol. The number of benzene rings is 1. The minimum atomic E-state index is -0.234. The zero-order valence-electron chi connectivity index (χ0n) is 10.6. The van der Waals surface area contributed by atoms with Crippen molar-refractivity contribution in [1.29, 1.82) is 0 Å². The van der Waals surface area contributed by atoms with Crippen molar-refractivity contribution in [3.63, 3.8) is 0 Å². The van der Waals surface area contributed by atoms with Crippen molar-refractivity contribution >= 4 is 44.0 Å². The molecule has 0 atom stereocenters. The second kappa shape index (κ2) is 5.95. The number of thiophene rings is 1. The normalized spacial score (nSPS) is 13.7. The first-order chi connectivity index (χ1) is 9.70. The lowest BCUT2D eigenvalue weighted by Crippen LogP contribution is -2.18. The summed E-state index contributed by atoms with van der Waals surface area (Å²) >= 11 is 4.95. The number of amides is 2. The summed E-state index contributed by atoms with van der Waals surface area (Å²) < 4.78 is 6.33. The topological polar surface area (TPSA) is 50.4 Å². The van der Waals surface area contributed by atoms with Gasteiger partial charge >= 0.3 is 6.03 Å². The summed E-state index contributed by atoms with van der Waals surface area (Å²) in [7, 11) is 0. The molecule has 2 aromatic rings. The summed E-state index contributed by atoms with van der Waals surface area (Å²) in [5.74, 6) is 0. The summed E-state index contributed by atoms with van der Waals surface area (Å²) in [6.45, 7) is 1.41. The smallest absolute Gasteiger partial charge is 0.324 e. The fourth-order valence-electron chi connectivity index (χ4n) is 2.05. The molecule has 3 rings (SSSR count). The molecule has 0 saturated carbocycles. The largest absolute Gasteiger partial charge is 0.376 e. The van der Waals surface area contributed by atoms with Gasteiger partial charge < -0.3 is 10.1 Å². The lowest BCUT2D eigenvalue weighted by atomic mass is 10.2. The molecule has 1 aromatic heterocycles. The van der Waals surface area contributed by atoms with Crippen LogP contribution in [0, 0.1) is 0 Å². The van der Waals surface area contributed by atoms with Crippen molar-refractivity contribution in [1.82, 2.24) is 0 Å². The quantitative estimate of drug-likeness (QED) is 0.849. The molecule has 2 amide bonds. The fourth-order valence-corrected chi connectivity index (χ4v) is 3.49. The molecule has 2 N–H and O–H groups in total. The number of rotatable bonds is 2. The molecule has 0 spiro atoms. The summed E-state index contributed by atoms with van der Waals surface area (Å²) in [5, 5.41) is 6.53. The van der Waals surface area contributed by atoms with E-state index >= 15 is 0 Å². The Labute approximate surface area is 129 Å². The SMILES string of the molecule is O=C(Nc1cccc(Br)c1)Nc1cc2c(s1)COCC2. The second-order valence-corrected chi connectivity index (χ2v) is 6.50. The number of fused-ring (bicyclic) bond motifs is 1. The van der Waals surface area contributed by atoms with Crippen LogP contribution in [0.25, 0.3) is 0 Å². The van der Waals surface area contributed by atoms with Crippen molar-refractivity contribution in [2.75, 3.05) is 17.2 Å². The number of hydrogen-bond acceptors (Lipinski definition) is 3. The Bertz CT molecular complexity index is 618. The molecule has 0 fully saturated rings. The van der Waals surface area contributed by atoms with Gasteiger partial charge in [0.2, 0.25) is 0 Å². The van der Waals surface area contributed by atoms with Gasteiger partial charge in [-0.1, -0.05) is 22.0 Å². The lowest BCUT2D eigenvalue weighted by molar-refractivity contribution is 0.113. The van der Waals surface area contributed by atoms with Crippen molar-refractivity contribution in [3.05, 3.63) is 45.2 Å².